The van der Waals surface area contributed by atoms with Crippen LogP contribution in [0.15, 0.2) is 16.6 Å². The maximum Gasteiger partial charge on any atom is 0.175 e. The van der Waals surface area contributed by atoms with Gasteiger partial charge in [-0.05, 0) is 33.6 Å². The van der Waals surface area contributed by atoms with Crippen molar-refractivity contribution in [2.75, 3.05) is 39.5 Å². The number of hydrogen-bond acceptors (Lipinski definition) is 5. The summed E-state index contributed by atoms with van der Waals surface area (Å²) in [6.07, 6.45) is 0. The van der Waals surface area contributed by atoms with Crippen molar-refractivity contribution in [3.8, 4) is 11.5 Å². The lowest BCUT2D eigenvalue weighted by Gasteiger charge is -2.27. The Morgan fingerprint density at radius 1 is 1.11 bits per heavy atom. The average Bonchev–Trinajstić information content (AvgIpc) is 2.46. The van der Waals surface area contributed by atoms with E-state index in [0.29, 0.717) is 13.2 Å². The highest BCUT2D eigenvalue weighted by atomic mass is 79.9. The van der Waals surface area contributed by atoms with Crippen LogP contribution in [-0.4, -0.2) is 44.5 Å². The number of halogens is 1. The van der Waals surface area contributed by atoms with E-state index in [2.05, 4.69) is 32.4 Å². The third-order valence-electron chi connectivity index (χ3n) is 3.17. The van der Waals surface area contributed by atoms with Gasteiger partial charge >= 0.3 is 0 Å². The summed E-state index contributed by atoms with van der Waals surface area (Å²) in [4.78, 5) is 0. The lowest BCUT2D eigenvalue weighted by atomic mass is 10.2. The van der Waals surface area contributed by atoms with Crippen LogP contribution < -0.4 is 14.9 Å². The molecule has 0 saturated carbocycles. The van der Waals surface area contributed by atoms with E-state index in [1.54, 1.807) is 0 Å². The van der Waals surface area contributed by atoms with Gasteiger partial charge in [0.25, 0.3) is 0 Å². The van der Waals surface area contributed by atoms with Crippen LogP contribution in [0.25, 0.3) is 0 Å². The maximum absolute atomic E-state index is 5.62. The number of nitrogens with zero attached hydrogens (tertiary/aromatic N) is 1. The number of nitrogens with one attached hydrogen (secondary N) is 1. The minimum Gasteiger partial charge on any atom is -0.486 e. The first-order chi connectivity index (χ1) is 9.33. The summed E-state index contributed by atoms with van der Waals surface area (Å²) in [6.45, 7) is 5.42. The number of fused-ring (bicyclic) bond motifs is 1. The summed E-state index contributed by atoms with van der Waals surface area (Å²) >= 11 is 3.53. The zero-order valence-electron chi connectivity index (χ0n) is 10.7. The van der Waals surface area contributed by atoms with E-state index in [1.165, 1.54) is 5.56 Å². The Morgan fingerprint density at radius 3 is 2.74 bits per heavy atom. The van der Waals surface area contributed by atoms with Crippen molar-refractivity contribution in [2.45, 2.75) is 6.54 Å². The van der Waals surface area contributed by atoms with Crippen molar-refractivity contribution in [1.82, 2.24) is 10.4 Å². The van der Waals surface area contributed by atoms with Crippen LogP contribution in [0, 0.1) is 0 Å². The quantitative estimate of drug-likeness (QED) is 0.912. The molecule has 1 saturated heterocycles. The van der Waals surface area contributed by atoms with Crippen LogP contribution in [0.2, 0.25) is 0 Å². The number of rotatable bonds is 3. The predicted molar refractivity (Wildman–Crippen MR) is 74.4 cm³/mol. The topological polar surface area (TPSA) is 43.0 Å². The number of morpholine rings is 1. The molecule has 0 amide bonds. The Kier molecular flexibility index (Phi) is 4.22. The van der Waals surface area contributed by atoms with Crippen LogP contribution in [-0.2, 0) is 11.3 Å². The van der Waals surface area contributed by atoms with Gasteiger partial charge in [-0.1, -0.05) is 0 Å². The minimum absolute atomic E-state index is 0.608. The molecule has 3 rings (SSSR count). The molecular formula is C13H17BrN2O3. The lowest BCUT2D eigenvalue weighted by Crippen LogP contribution is -2.45. The zero-order chi connectivity index (χ0) is 13.1. The second kappa shape index (κ2) is 6.09. The first kappa shape index (κ1) is 13.2. The first-order valence-corrected chi connectivity index (χ1v) is 7.26. The highest BCUT2D eigenvalue weighted by Gasteiger charge is 2.17. The molecule has 19 heavy (non-hydrogen) atoms. The Balaban J connectivity index is 1.65. The van der Waals surface area contributed by atoms with Crippen molar-refractivity contribution in [2.24, 2.45) is 0 Å². The molecular weight excluding hydrogens is 312 g/mol. The fourth-order valence-corrected chi connectivity index (χ4v) is 2.79. The lowest BCUT2D eigenvalue weighted by molar-refractivity contribution is 0.0105. The van der Waals surface area contributed by atoms with Gasteiger partial charge in [0.15, 0.2) is 11.5 Å². The molecule has 2 heterocycles. The average molecular weight is 329 g/mol. The monoisotopic (exact) mass is 328 g/mol. The summed E-state index contributed by atoms with van der Waals surface area (Å²) in [7, 11) is 0. The summed E-state index contributed by atoms with van der Waals surface area (Å²) in [5.74, 6) is 1.63. The molecule has 2 aliphatic rings. The molecule has 1 aromatic rings. The highest BCUT2D eigenvalue weighted by molar-refractivity contribution is 9.10. The molecule has 104 valence electrons. The molecule has 6 heteroatoms. The molecule has 0 aromatic heterocycles. The van der Waals surface area contributed by atoms with Crippen molar-refractivity contribution in [3.05, 3.63) is 22.2 Å². The summed E-state index contributed by atoms with van der Waals surface area (Å²) in [5.41, 5.74) is 4.58. The molecule has 0 radical (unpaired) electrons. The number of hydrogen-bond donors (Lipinski definition) is 1. The standard InChI is InChI=1S/C13H17BrN2O3/c14-11-7-10(8-12-13(11)19-6-5-18-12)9-15-16-1-3-17-4-2-16/h7-8,15H,1-6,9H2. The van der Waals surface area contributed by atoms with Gasteiger partial charge in [0.05, 0.1) is 17.7 Å². The van der Waals surface area contributed by atoms with Gasteiger partial charge in [-0.2, -0.15) is 0 Å². The number of benzene rings is 1. The fraction of sp³-hybridized carbons (Fsp3) is 0.538. The minimum atomic E-state index is 0.608. The Hall–Kier alpha value is -0.820. The first-order valence-electron chi connectivity index (χ1n) is 6.47. The summed E-state index contributed by atoms with van der Waals surface area (Å²) < 4.78 is 17.5. The van der Waals surface area contributed by atoms with Gasteiger partial charge in [0, 0.05) is 19.6 Å². The van der Waals surface area contributed by atoms with E-state index in [1.807, 2.05) is 6.07 Å². The van der Waals surface area contributed by atoms with Crippen molar-refractivity contribution in [1.29, 1.82) is 0 Å². The van der Waals surface area contributed by atoms with Crippen LogP contribution in [0.4, 0.5) is 0 Å². The van der Waals surface area contributed by atoms with Gasteiger partial charge in [-0.15, -0.1) is 0 Å². The molecule has 1 N–H and O–H groups in total. The van der Waals surface area contributed by atoms with Crippen LogP contribution in [0.3, 0.4) is 0 Å². The fourth-order valence-electron chi connectivity index (χ4n) is 2.19. The van der Waals surface area contributed by atoms with Gasteiger partial charge in [0.1, 0.15) is 13.2 Å². The number of hydrazine groups is 1. The van der Waals surface area contributed by atoms with Crippen LogP contribution in [0.5, 0.6) is 11.5 Å². The third-order valence-corrected chi connectivity index (χ3v) is 3.76. The largest absolute Gasteiger partial charge is 0.486 e. The molecule has 2 aliphatic heterocycles. The Labute approximate surface area is 120 Å². The summed E-state index contributed by atoms with van der Waals surface area (Å²) in [6, 6.07) is 4.10. The maximum atomic E-state index is 5.62. The molecule has 0 atom stereocenters. The van der Waals surface area contributed by atoms with Crippen molar-refractivity contribution in [3.63, 3.8) is 0 Å². The van der Waals surface area contributed by atoms with Gasteiger partial charge in [0.2, 0.25) is 0 Å². The van der Waals surface area contributed by atoms with Gasteiger partial charge in [-0.3, -0.25) is 5.43 Å². The van der Waals surface area contributed by atoms with Crippen LogP contribution in [0.1, 0.15) is 5.56 Å². The Bertz CT molecular complexity index is 450. The normalized spacial score (nSPS) is 19.4. The third kappa shape index (κ3) is 3.20. The molecule has 0 spiro atoms. The predicted octanol–water partition coefficient (Wildman–Crippen LogP) is 1.56. The SMILES string of the molecule is Brc1cc(CNN2CCOCC2)cc2c1OCCO2. The van der Waals surface area contributed by atoms with Crippen molar-refractivity contribution < 1.29 is 14.2 Å². The second-order valence-electron chi connectivity index (χ2n) is 4.54. The van der Waals surface area contributed by atoms with E-state index in [4.69, 9.17) is 14.2 Å². The molecule has 0 bridgehead atoms. The van der Waals surface area contributed by atoms with E-state index < -0.39 is 0 Å². The Morgan fingerprint density at radius 2 is 1.89 bits per heavy atom. The summed E-state index contributed by atoms with van der Waals surface area (Å²) in [5, 5.41) is 2.19. The van der Waals surface area contributed by atoms with E-state index >= 15 is 0 Å². The smallest absolute Gasteiger partial charge is 0.175 e. The molecule has 0 unspecified atom stereocenters. The van der Waals surface area contributed by atoms with Crippen molar-refractivity contribution >= 4 is 15.9 Å². The van der Waals surface area contributed by atoms with E-state index in [0.717, 1.165) is 48.8 Å². The van der Waals surface area contributed by atoms with Gasteiger partial charge in [-0.25, -0.2) is 5.01 Å². The molecule has 0 aliphatic carbocycles. The van der Waals surface area contributed by atoms with Crippen LogP contribution >= 0.6 is 15.9 Å². The second-order valence-corrected chi connectivity index (χ2v) is 5.39. The molecule has 1 fully saturated rings. The zero-order valence-corrected chi connectivity index (χ0v) is 12.2. The number of ether oxygens (including phenoxy) is 3. The molecule has 1 aromatic carbocycles. The van der Waals surface area contributed by atoms with E-state index in [-0.39, 0.29) is 0 Å². The molecule has 5 nitrogen and oxygen atoms in total. The highest BCUT2D eigenvalue weighted by Crippen LogP contribution is 2.38. The van der Waals surface area contributed by atoms with Gasteiger partial charge < -0.3 is 14.2 Å². The van der Waals surface area contributed by atoms with E-state index in [9.17, 15) is 0 Å².